The van der Waals surface area contributed by atoms with Crippen LogP contribution in [0.25, 0.3) is 0 Å². The molecule has 1 aromatic rings. The van der Waals surface area contributed by atoms with Crippen LogP contribution in [0.1, 0.15) is 12.2 Å². The Labute approximate surface area is 95.2 Å². The molecule has 2 rings (SSSR count). The van der Waals surface area contributed by atoms with Crippen molar-refractivity contribution in [1.29, 1.82) is 0 Å². The van der Waals surface area contributed by atoms with Crippen molar-refractivity contribution < 1.29 is 9.47 Å². The van der Waals surface area contributed by atoms with Crippen LogP contribution >= 0.6 is 0 Å². The number of nitrogens with zero attached hydrogens (tertiary/aromatic N) is 2. The first-order valence-electron chi connectivity index (χ1n) is 5.51. The van der Waals surface area contributed by atoms with Crippen molar-refractivity contribution in [3.05, 3.63) is 11.9 Å². The fourth-order valence-corrected chi connectivity index (χ4v) is 1.75. The number of rotatable bonds is 4. The van der Waals surface area contributed by atoms with E-state index in [1.54, 1.807) is 13.2 Å². The maximum atomic E-state index is 5.64. The normalized spacial score (nSPS) is 19.8. The maximum absolute atomic E-state index is 5.64. The Morgan fingerprint density at radius 1 is 1.44 bits per heavy atom. The molecular weight excluding hydrogens is 206 g/mol. The molecule has 2 heterocycles. The van der Waals surface area contributed by atoms with Crippen LogP contribution in [0.15, 0.2) is 6.07 Å². The van der Waals surface area contributed by atoms with Crippen LogP contribution in [-0.2, 0) is 0 Å². The Morgan fingerprint density at radius 2 is 2.25 bits per heavy atom. The number of hydrogen-bond acceptors (Lipinski definition) is 5. The van der Waals surface area contributed by atoms with Crippen molar-refractivity contribution in [2.45, 2.75) is 13.3 Å². The highest BCUT2D eigenvalue weighted by molar-refractivity contribution is 5.20. The summed E-state index contributed by atoms with van der Waals surface area (Å²) in [5.74, 6) is 2.39. The second-order valence-corrected chi connectivity index (χ2v) is 3.97. The summed E-state index contributed by atoms with van der Waals surface area (Å²) in [4.78, 5) is 8.32. The molecule has 0 bridgehead atoms. The molecule has 1 N–H and O–H groups in total. The lowest BCUT2D eigenvalue weighted by Crippen LogP contribution is -2.16. The first kappa shape index (κ1) is 11.1. The van der Waals surface area contributed by atoms with Crippen molar-refractivity contribution >= 4 is 0 Å². The lowest BCUT2D eigenvalue weighted by Gasteiger charge is -2.10. The standard InChI is InChI=1S/C11H17N3O2/c1-8-13-10(15-2)5-11(14-8)16-7-9-3-4-12-6-9/h5,9,12H,3-4,6-7H2,1-2H3. The molecule has 1 unspecified atom stereocenters. The average molecular weight is 223 g/mol. The van der Waals surface area contributed by atoms with Crippen LogP contribution in [0.4, 0.5) is 0 Å². The van der Waals surface area contributed by atoms with Gasteiger partial charge in [0.1, 0.15) is 5.82 Å². The number of ether oxygens (including phenoxy) is 2. The van der Waals surface area contributed by atoms with E-state index in [2.05, 4.69) is 15.3 Å². The topological polar surface area (TPSA) is 56.3 Å². The SMILES string of the molecule is COc1cc(OCC2CCNC2)nc(C)n1. The number of methoxy groups -OCH3 is 1. The summed E-state index contributed by atoms with van der Waals surface area (Å²) >= 11 is 0. The summed E-state index contributed by atoms with van der Waals surface area (Å²) in [7, 11) is 1.59. The van der Waals surface area contributed by atoms with Gasteiger partial charge in [-0.1, -0.05) is 0 Å². The Hall–Kier alpha value is -1.36. The zero-order chi connectivity index (χ0) is 11.4. The van der Waals surface area contributed by atoms with Gasteiger partial charge in [0, 0.05) is 12.5 Å². The third kappa shape index (κ3) is 2.82. The molecule has 0 amide bonds. The minimum Gasteiger partial charge on any atom is -0.481 e. The molecule has 0 aromatic carbocycles. The zero-order valence-electron chi connectivity index (χ0n) is 9.69. The van der Waals surface area contributed by atoms with Crippen LogP contribution in [0, 0.1) is 12.8 Å². The van der Waals surface area contributed by atoms with E-state index in [0.29, 0.717) is 30.1 Å². The predicted molar refractivity (Wildman–Crippen MR) is 59.8 cm³/mol. The second-order valence-electron chi connectivity index (χ2n) is 3.97. The van der Waals surface area contributed by atoms with E-state index in [9.17, 15) is 0 Å². The third-order valence-electron chi connectivity index (χ3n) is 2.63. The molecule has 1 aliphatic rings. The van der Waals surface area contributed by atoms with Crippen molar-refractivity contribution in [2.24, 2.45) is 5.92 Å². The smallest absolute Gasteiger partial charge is 0.220 e. The summed E-state index contributed by atoms with van der Waals surface area (Å²) in [5, 5.41) is 3.31. The van der Waals surface area contributed by atoms with Crippen molar-refractivity contribution in [3.8, 4) is 11.8 Å². The Bertz CT molecular complexity index is 351. The fraction of sp³-hybridized carbons (Fsp3) is 0.636. The summed E-state index contributed by atoms with van der Waals surface area (Å²) < 4.78 is 10.7. The van der Waals surface area contributed by atoms with E-state index in [0.717, 1.165) is 13.1 Å². The van der Waals surface area contributed by atoms with Crippen molar-refractivity contribution in [1.82, 2.24) is 15.3 Å². The number of nitrogens with one attached hydrogen (secondary N) is 1. The van der Waals surface area contributed by atoms with Crippen molar-refractivity contribution in [2.75, 3.05) is 26.8 Å². The molecule has 0 saturated carbocycles. The molecule has 5 nitrogen and oxygen atoms in total. The summed E-state index contributed by atoms with van der Waals surface area (Å²) in [6.07, 6.45) is 1.17. The van der Waals surface area contributed by atoms with Gasteiger partial charge in [0.2, 0.25) is 11.8 Å². The highest BCUT2D eigenvalue weighted by Crippen LogP contribution is 2.16. The molecule has 0 aliphatic carbocycles. The van der Waals surface area contributed by atoms with Gasteiger partial charge in [-0.15, -0.1) is 0 Å². The fourth-order valence-electron chi connectivity index (χ4n) is 1.75. The van der Waals surface area contributed by atoms with Gasteiger partial charge < -0.3 is 14.8 Å². The monoisotopic (exact) mass is 223 g/mol. The number of hydrogen-bond donors (Lipinski definition) is 1. The molecule has 1 saturated heterocycles. The largest absolute Gasteiger partial charge is 0.481 e. The van der Waals surface area contributed by atoms with Gasteiger partial charge in [-0.2, -0.15) is 9.97 Å². The van der Waals surface area contributed by atoms with E-state index >= 15 is 0 Å². The van der Waals surface area contributed by atoms with Crippen LogP contribution in [-0.4, -0.2) is 36.8 Å². The Balaban J connectivity index is 1.94. The van der Waals surface area contributed by atoms with Gasteiger partial charge in [0.05, 0.1) is 19.8 Å². The molecule has 5 heteroatoms. The van der Waals surface area contributed by atoms with E-state index in [-0.39, 0.29) is 0 Å². The van der Waals surface area contributed by atoms with E-state index in [4.69, 9.17) is 9.47 Å². The van der Waals surface area contributed by atoms with Crippen LogP contribution in [0.3, 0.4) is 0 Å². The molecule has 1 aliphatic heterocycles. The average Bonchev–Trinajstić information content (AvgIpc) is 2.78. The summed E-state index contributed by atoms with van der Waals surface area (Å²) in [6, 6.07) is 1.72. The first-order valence-corrected chi connectivity index (χ1v) is 5.51. The lowest BCUT2D eigenvalue weighted by atomic mass is 10.1. The highest BCUT2D eigenvalue weighted by atomic mass is 16.5. The zero-order valence-corrected chi connectivity index (χ0v) is 9.69. The molecule has 1 atom stereocenters. The lowest BCUT2D eigenvalue weighted by molar-refractivity contribution is 0.248. The van der Waals surface area contributed by atoms with E-state index < -0.39 is 0 Å². The Morgan fingerprint density at radius 3 is 2.94 bits per heavy atom. The third-order valence-corrected chi connectivity index (χ3v) is 2.63. The highest BCUT2D eigenvalue weighted by Gasteiger charge is 2.15. The molecule has 1 aromatic heterocycles. The van der Waals surface area contributed by atoms with Crippen molar-refractivity contribution in [3.63, 3.8) is 0 Å². The van der Waals surface area contributed by atoms with Gasteiger partial charge in [0.25, 0.3) is 0 Å². The van der Waals surface area contributed by atoms with E-state index in [1.807, 2.05) is 6.92 Å². The van der Waals surface area contributed by atoms with Gasteiger partial charge in [0.15, 0.2) is 0 Å². The predicted octanol–water partition coefficient (Wildman–Crippen LogP) is 0.782. The summed E-state index contributed by atoms with van der Waals surface area (Å²) in [6.45, 7) is 4.64. The van der Waals surface area contributed by atoms with E-state index in [1.165, 1.54) is 6.42 Å². The molecule has 1 fully saturated rings. The maximum Gasteiger partial charge on any atom is 0.220 e. The minimum absolute atomic E-state index is 0.548. The first-order chi connectivity index (χ1) is 7.78. The number of aryl methyl sites for hydroxylation is 1. The number of aromatic nitrogens is 2. The molecule has 0 radical (unpaired) electrons. The molecule has 88 valence electrons. The van der Waals surface area contributed by atoms with Gasteiger partial charge in [-0.3, -0.25) is 0 Å². The van der Waals surface area contributed by atoms with Crippen LogP contribution in [0.5, 0.6) is 11.8 Å². The van der Waals surface area contributed by atoms with Gasteiger partial charge in [-0.05, 0) is 19.9 Å². The Kier molecular flexibility index (Phi) is 3.56. The van der Waals surface area contributed by atoms with Gasteiger partial charge in [-0.25, -0.2) is 0 Å². The molecule has 0 spiro atoms. The van der Waals surface area contributed by atoms with Crippen LogP contribution in [0.2, 0.25) is 0 Å². The molecular formula is C11H17N3O2. The van der Waals surface area contributed by atoms with Crippen LogP contribution < -0.4 is 14.8 Å². The second kappa shape index (κ2) is 5.12. The van der Waals surface area contributed by atoms with Gasteiger partial charge >= 0.3 is 0 Å². The summed E-state index contributed by atoms with van der Waals surface area (Å²) in [5.41, 5.74) is 0. The quantitative estimate of drug-likeness (QED) is 0.817. The minimum atomic E-state index is 0.548. The molecule has 16 heavy (non-hydrogen) atoms.